The van der Waals surface area contributed by atoms with E-state index in [1.807, 2.05) is 13.0 Å². The third-order valence-corrected chi connectivity index (χ3v) is 4.13. The van der Waals surface area contributed by atoms with E-state index in [4.69, 9.17) is 9.84 Å². The molecule has 2 atom stereocenters. The van der Waals surface area contributed by atoms with Gasteiger partial charge in [0.1, 0.15) is 5.75 Å². The number of nitrogens with one attached hydrogen (secondary N) is 1. The Morgan fingerprint density at radius 2 is 2.10 bits per heavy atom. The van der Waals surface area contributed by atoms with Crippen molar-refractivity contribution in [3.8, 4) is 5.75 Å². The van der Waals surface area contributed by atoms with Crippen molar-refractivity contribution in [1.82, 2.24) is 5.32 Å². The summed E-state index contributed by atoms with van der Waals surface area (Å²) >= 11 is 0. The molecule has 0 bridgehead atoms. The molecule has 3 nitrogen and oxygen atoms in total. The van der Waals surface area contributed by atoms with E-state index in [2.05, 4.69) is 23.5 Å². The highest BCUT2D eigenvalue weighted by Crippen LogP contribution is 2.39. The summed E-state index contributed by atoms with van der Waals surface area (Å²) in [6.45, 7) is 4.05. The zero-order valence-electron chi connectivity index (χ0n) is 12.5. The Hall–Kier alpha value is -1.06. The van der Waals surface area contributed by atoms with Crippen LogP contribution in [0, 0.1) is 0 Å². The number of hydrogen-bond donors (Lipinski definition) is 2. The van der Waals surface area contributed by atoms with E-state index in [1.54, 1.807) is 0 Å². The first-order valence-corrected chi connectivity index (χ1v) is 7.92. The molecule has 3 heteroatoms. The number of rotatable bonds is 8. The summed E-state index contributed by atoms with van der Waals surface area (Å²) < 4.78 is 5.78. The Morgan fingerprint density at radius 3 is 2.90 bits per heavy atom. The van der Waals surface area contributed by atoms with E-state index in [9.17, 15) is 0 Å². The highest BCUT2D eigenvalue weighted by atomic mass is 16.5. The van der Waals surface area contributed by atoms with Crippen LogP contribution < -0.4 is 10.1 Å². The Balaban J connectivity index is 1.99. The van der Waals surface area contributed by atoms with Crippen LogP contribution in [0.15, 0.2) is 24.3 Å². The normalized spacial score (nSPS) is 22.1. The molecule has 0 radical (unpaired) electrons. The number of benzene rings is 1. The molecule has 0 aliphatic heterocycles. The van der Waals surface area contributed by atoms with Crippen LogP contribution in [0.4, 0.5) is 0 Å². The summed E-state index contributed by atoms with van der Waals surface area (Å²) in [5.74, 6) is 1.61. The maximum absolute atomic E-state index is 8.84. The number of hydrogen-bond acceptors (Lipinski definition) is 3. The predicted molar refractivity (Wildman–Crippen MR) is 82.3 cm³/mol. The van der Waals surface area contributed by atoms with Crippen molar-refractivity contribution < 1.29 is 9.84 Å². The summed E-state index contributed by atoms with van der Waals surface area (Å²) in [5.41, 5.74) is 1.35. The summed E-state index contributed by atoms with van der Waals surface area (Å²) in [4.78, 5) is 0. The first-order chi connectivity index (χ1) is 9.86. The molecule has 1 aromatic rings. The molecule has 2 unspecified atom stereocenters. The fourth-order valence-electron chi connectivity index (χ4n) is 3.17. The quantitative estimate of drug-likeness (QED) is 0.718. The largest absolute Gasteiger partial charge is 0.494 e. The van der Waals surface area contributed by atoms with Crippen LogP contribution in [-0.2, 0) is 0 Å². The second-order valence-corrected chi connectivity index (χ2v) is 5.50. The maximum Gasteiger partial charge on any atom is 0.122 e. The number of unbranched alkanes of at least 4 members (excludes halogenated alkanes) is 1. The van der Waals surface area contributed by atoms with Gasteiger partial charge in [0, 0.05) is 18.6 Å². The molecule has 112 valence electrons. The van der Waals surface area contributed by atoms with Crippen LogP contribution in [0.5, 0.6) is 5.75 Å². The van der Waals surface area contributed by atoms with Gasteiger partial charge in [-0.2, -0.15) is 0 Å². The molecule has 0 amide bonds. The minimum atomic E-state index is 0.295. The van der Waals surface area contributed by atoms with Gasteiger partial charge in [0.2, 0.25) is 0 Å². The smallest absolute Gasteiger partial charge is 0.122 e. The Kier molecular flexibility index (Phi) is 6.34. The number of para-hydroxylation sites is 1. The third-order valence-electron chi connectivity index (χ3n) is 4.13. The SMILES string of the molecule is CCOc1ccccc1C1CCCC1NCCCCO. The molecular weight excluding hydrogens is 250 g/mol. The highest BCUT2D eigenvalue weighted by molar-refractivity contribution is 5.37. The average molecular weight is 277 g/mol. The van der Waals surface area contributed by atoms with E-state index >= 15 is 0 Å². The fourth-order valence-corrected chi connectivity index (χ4v) is 3.17. The van der Waals surface area contributed by atoms with Gasteiger partial charge in [0.25, 0.3) is 0 Å². The monoisotopic (exact) mass is 277 g/mol. The van der Waals surface area contributed by atoms with Crippen LogP contribution in [0.1, 0.15) is 50.5 Å². The minimum Gasteiger partial charge on any atom is -0.494 e. The molecule has 0 heterocycles. The molecule has 1 fully saturated rings. The molecule has 1 aliphatic rings. The molecule has 1 saturated carbocycles. The van der Waals surface area contributed by atoms with Gasteiger partial charge in [0.15, 0.2) is 0 Å². The van der Waals surface area contributed by atoms with E-state index in [-0.39, 0.29) is 0 Å². The lowest BCUT2D eigenvalue weighted by atomic mass is 9.93. The third kappa shape index (κ3) is 3.97. The van der Waals surface area contributed by atoms with Crippen molar-refractivity contribution in [1.29, 1.82) is 0 Å². The summed E-state index contributed by atoms with van der Waals surface area (Å²) in [6, 6.07) is 9.01. The zero-order chi connectivity index (χ0) is 14.2. The molecule has 2 N–H and O–H groups in total. The minimum absolute atomic E-state index is 0.295. The number of aliphatic hydroxyl groups excluding tert-OH is 1. The standard InChI is InChI=1S/C17H27NO2/c1-2-20-17-11-4-3-8-15(17)14-9-7-10-16(14)18-12-5-6-13-19/h3-4,8,11,14,16,18-19H,2,5-7,9-10,12-13H2,1H3. The van der Waals surface area contributed by atoms with Crippen molar-refractivity contribution in [3.05, 3.63) is 29.8 Å². The molecule has 1 aromatic carbocycles. The van der Waals surface area contributed by atoms with Gasteiger partial charge < -0.3 is 15.2 Å². The molecular formula is C17H27NO2. The molecule has 0 spiro atoms. The van der Waals surface area contributed by atoms with Crippen molar-refractivity contribution >= 4 is 0 Å². The van der Waals surface area contributed by atoms with Crippen molar-refractivity contribution in [3.63, 3.8) is 0 Å². The molecule has 0 aromatic heterocycles. The van der Waals surface area contributed by atoms with E-state index < -0.39 is 0 Å². The predicted octanol–water partition coefficient (Wildman–Crippen LogP) is 3.08. The van der Waals surface area contributed by atoms with E-state index in [0.717, 1.165) is 31.7 Å². The lowest BCUT2D eigenvalue weighted by Gasteiger charge is -2.23. The van der Waals surface area contributed by atoms with Gasteiger partial charge in [0.05, 0.1) is 6.61 Å². The fraction of sp³-hybridized carbons (Fsp3) is 0.647. The van der Waals surface area contributed by atoms with Gasteiger partial charge >= 0.3 is 0 Å². The summed E-state index contributed by atoms with van der Waals surface area (Å²) in [5, 5.41) is 12.5. The van der Waals surface area contributed by atoms with E-state index in [0.29, 0.717) is 18.6 Å². The summed E-state index contributed by atoms with van der Waals surface area (Å²) in [7, 11) is 0. The molecule has 20 heavy (non-hydrogen) atoms. The molecule has 2 rings (SSSR count). The van der Waals surface area contributed by atoms with Crippen LogP contribution >= 0.6 is 0 Å². The van der Waals surface area contributed by atoms with Crippen LogP contribution in [0.2, 0.25) is 0 Å². The first-order valence-electron chi connectivity index (χ1n) is 7.92. The zero-order valence-corrected chi connectivity index (χ0v) is 12.5. The van der Waals surface area contributed by atoms with Crippen molar-refractivity contribution in [2.24, 2.45) is 0 Å². The number of aliphatic hydroxyl groups is 1. The Morgan fingerprint density at radius 1 is 1.25 bits per heavy atom. The molecule has 1 aliphatic carbocycles. The highest BCUT2D eigenvalue weighted by Gasteiger charge is 2.29. The van der Waals surface area contributed by atoms with Gasteiger partial charge in [-0.1, -0.05) is 24.6 Å². The average Bonchev–Trinajstić information content (AvgIpc) is 2.93. The van der Waals surface area contributed by atoms with Crippen LogP contribution in [0.25, 0.3) is 0 Å². The van der Waals surface area contributed by atoms with Crippen LogP contribution in [-0.4, -0.2) is 30.9 Å². The second kappa shape index (κ2) is 8.28. The van der Waals surface area contributed by atoms with Gasteiger partial charge in [-0.25, -0.2) is 0 Å². The Bertz CT molecular complexity index is 394. The molecule has 0 saturated heterocycles. The van der Waals surface area contributed by atoms with Crippen LogP contribution in [0.3, 0.4) is 0 Å². The van der Waals surface area contributed by atoms with Gasteiger partial charge in [-0.3, -0.25) is 0 Å². The van der Waals surface area contributed by atoms with Gasteiger partial charge in [-0.05, 0) is 50.8 Å². The lowest BCUT2D eigenvalue weighted by Crippen LogP contribution is -2.32. The lowest BCUT2D eigenvalue weighted by molar-refractivity contribution is 0.282. The topological polar surface area (TPSA) is 41.5 Å². The van der Waals surface area contributed by atoms with E-state index in [1.165, 1.54) is 24.8 Å². The maximum atomic E-state index is 8.84. The van der Waals surface area contributed by atoms with Crippen molar-refractivity contribution in [2.45, 2.75) is 51.0 Å². The Labute approximate surface area is 122 Å². The second-order valence-electron chi connectivity index (χ2n) is 5.50. The summed E-state index contributed by atoms with van der Waals surface area (Å²) in [6.07, 6.45) is 5.70. The van der Waals surface area contributed by atoms with Gasteiger partial charge in [-0.15, -0.1) is 0 Å². The van der Waals surface area contributed by atoms with Crippen molar-refractivity contribution in [2.75, 3.05) is 19.8 Å². The first kappa shape index (κ1) is 15.3. The number of ether oxygens (including phenoxy) is 1.